The molecule has 142 valence electrons. The van der Waals surface area contributed by atoms with Crippen LogP contribution in [0.5, 0.6) is 0 Å². The average molecular weight is 358 g/mol. The second kappa shape index (κ2) is 8.54. The number of nitrogens with zero attached hydrogens (tertiary/aromatic N) is 4. The maximum Gasteiger partial charge on any atom is 0.257 e. The Morgan fingerprint density at radius 1 is 1.27 bits per heavy atom. The third-order valence-corrected chi connectivity index (χ3v) is 5.21. The number of hydrogen-bond acceptors (Lipinski definition) is 4. The zero-order valence-electron chi connectivity index (χ0n) is 16.1. The summed E-state index contributed by atoms with van der Waals surface area (Å²) < 4.78 is 7.54. The van der Waals surface area contributed by atoms with Gasteiger partial charge in [0.1, 0.15) is 11.5 Å². The predicted molar refractivity (Wildman–Crippen MR) is 101 cm³/mol. The Morgan fingerprint density at radius 2 is 2.12 bits per heavy atom. The fourth-order valence-electron chi connectivity index (χ4n) is 3.46. The van der Waals surface area contributed by atoms with Gasteiger partial charge in [-0.2, -0.15) is 5.10 Å². The van der Waals surface area contributed by atoms with Gasteiger partial charge < -0.3 is 14.2 Å². The van der Waals surface area contributed by atoms with Gasteiger partial charge in [0.15, 0.2) is 0 Å². The van der Waals surface area contributed by atoms with Gasteiger partial charge in [-0.15, -0.1) is 0 Å². The maximum absolute atomic E-state index is 12.7. The minimum absolute atomic E-state index is 0.103. The van der Waals surface area contributed by atoms with Gasteiger partial charge >= 0.3 is 0 Å². The monoisotopic (exact) mass is 358 g/mol. The Morgan fingerprint density at radius 3 is 2.81 bits per heavy atom. The smallest absolute Gasteiger partial charge is 0.257 e. The summed E-state index contributed by atoms with van der Waals surface area (Å²) in [5.41, 5.74) is 0.696. The Labute approximate surface area is 155 Å². The van der Waals surface area contributed by atoms with E-state index in [1.165, 1.54) is 0 Å². The molecule has 0 aliphatic carbocycles. The summed E-state index contributed by atoms with van der Waals surface area (Å²) in [6.45, 7) is 11.6. The molecule has 0 saturated carbocycles. The zero-order valence-corrected chi connectivity index (χ0v) is 16.1. The predicted octanol–water partition coefficient (Wildman–Crippen LogP) is 3.15. The lowest BCUT2D eigenvalue weighted by atomic mass is 10.0. The van der Waals surface area contributed by atoms with E-state index in [2.05, 4.69) is 23.0 Å². The van der Waals surface area contributed by atoms with Crippen molar-refractivity contribution < 1.29 is 9.21 Å². The quantitative estimate of drug-likeness (QED) is 0.796. The summed E-state index contributed by atoms with van der Waals surface area (Å²) in [6, 6.07) is 4.11. The minimum atomic E-state index is 0.103. The molecule has 1 atom stereocenters. The molecule has 1 unspecified atom stereocenters. The summed E-state index contributed by atoms with van der Waals surface area (Å²) in [5, 5.41) is 4.22. The number of hydrogen-bond donors (Lipinski definition) is 0. The van der Waals surface area contributed by atoms with Crippen molar-refractivity contribution in [2.24, 2.45) is 0 Å². The number of furan rings is 1. The molecule has 0 spiro atoms. The molecule has 3 heterocycles. The van der Waals surface area contributed by atoms with Crippen molar-refractivity contribution in [2.45, 2.75) is 46.1 Å². The van der Waals surface area contributed by atoms with Crippen molar-refractivity contribution in [3.05, 3.63) is 41.6 Å². The van der Waals surface area contributed by atoms with E-state index >= 15 is 0 Å². The van der Waals surface area contributed by atoms with Crippen LogP contribution in [0, 0.1) is 6.92 Å². The first-order chi connectivity index (χ1) is 12.6. The molecule has 1 aliphatic heterocycles. The summed E-state index contributed by atoms with van der Waals surface area (Å²) in [7, 11) is 0. The van der Waals surface area contributed by atoms with E-state index in [1.54, 1.807) is 10.9 Å². The molecule has 2 aromatic heterocycles. The van der Waals surface area contributed by atoms with Crippen molar-refractivity contribution in [3.63, 3.8) is 0 Å². The van der Waals surface area contributed by atoms with E-state index in [0.29, 0.717) is 11.5 Å². The van der Waals surface area contributed by atoms with Gasteiger partial charge in [-0.25, -0.2) is 0 Å². The highest BCUT2D eigenvalue weighted by atomic mass is 16.3. The Bertz CT molecular complexity index is 721. The van der Waals surface area contributed by atoms with Crippen LogP contribution in [0.15, 0.2) is 28.9 Å². The Kier molecular flexibility index (Phi) is 6.14. The molecule has 0 aromatic carbocycles. The zero-order chi connectivity index (χ0) is 18.5. The van der Waals surface area contributed by atoms with Gasteiger partial charge in [-0.05, 0) is 51.9 Å². The SMILES string of the molecule is CCn1cc(C(=O)N2CCCN(CCC(C)c3ccc(C)o3)CC2)cn1. The van der Waals surface area contributed by atoms with E-state index < -0.39 is 0 Å². The lowest BCUT2D eigenvalue weighted by Crippen LogP contribution is -2.35. The van der Waals surface area contributed by atoms with Gasteiger partial charge in [-0.1, -0.05) is 6.92 Å². The Balaban J connectivity index is 1.49. The topological polar surface area (TPSA) is 54.5 Å². The third kappa shape index (κ3) is 4.55. The largest absolute Gasteiger partial charge is 0.466 e. The summed E-state index contributed by atoms with van der Waals surface area (Å²) in [4.78, 5) is 17.1. The molecule has 2 aromatic rings. The second-order valence-electron chi connectivity index (χ2n) is 7.21. The fourth-order valence-corrected chi connectivity index (χ4v) is 3.46. The summed E-state index contributed by atoms with van der Waals surface area (Å²) in [5.74, 6) is 2.57. The van der Waals surface area contributed by atoms with Crippen molar-refractivity contribution in [1.29, 1.82) is 0 Å². The third-order valence-electron chi connectivity index (χ3n) is 5.21. The second-order valence-corrected chi connectivity index (χ2v) is 7.21. The van der Waals surface area contributed by atoms with Gasteiger partial charge in [0, 0.05) is 38.3 Å². The molecule has 1 fully saturated rings. The highest BCUT2D eigenvalue weighted by molar-refractivity contribution is 5.93. The number of aryl methyl sites for hydroxylation is 2. The van der Waals surface area contributed by atoms with E-state index in [1.807, 2.05) is 31.0 Å². The maximum atomic E-state index is 12.7. The van der Waals surface area contributed by atoms with Crippen molar-refractivity contribution in [1.82, 2.24) is 19.6 Å². The van der Waals surface area contributed by atoms with Crippen LogP contribution in [-0.2, 0) is 6.54 Å². The van der Waals surface area contributed by atoms with Gasteiger partial charge in [-0.3, -0.25) is 9.48 Å². The van der Waals surface area contributed by atoms with Gasteiger partial charge in [0.2, 0.25) is 0 Å². The first-order valence-electron chi connectivity index (χ1n) is 9.67. The van der Waals surface area contributed by atoms with Crippen molar-refractivity contribution in [3.8, 4) is 0 Å². The fraction of sp³-hybridized carbons (Fsp3) is 0.600. The number of carbonyl (C=O) groups is 1. The summed E-state index contributed by atoms with van der Waals surface area (Å²) >= 11 is 0. The molecule has 1 saturated heterocycles. The lowest BCUT2D eigenvalue weighted by Gasteiger charge is -2.22. The molecular formula is C20H30N4O2. The molecule has 0 radical (unpaired) electrons. The van der Waals surface area contributed by atoms with Crippen molar-refractivity contribution in [2.75, 3.05) is 32.7 Å². The van der Waals surface area contributed by atoms with Crippen LogP contribution in [0.3, 0.4) is 0 Å². The number of aromatic nitrogens is 2. The molecule has 3 rings (SSSR count). The van der Waals surface area contributed by atoms with Crippen LogP contribution in [0.2, 0.25) is 0 Å². The number of amides is 1. The lowest BCUT2D eigenvalue weighted by molar-refractivity contribution is 0.0761. The van der Waals surface area contributed by atoms with E-state index in [4.69, 9.17) is 4.42 Å². The first kappa shape index (κ1) is 18.7. The van der Waals surface area contributed by atoms with Crippen LogP contribution in [0.25, 0.3) is 0 Å². The first-order valence-corrected chi connectivity index (χ1v) is 9.67. The molecule has 26 heavy (non-hydrogen) atoms. The van der Waals surface area contributed by atoms with Crippen molar-refractivity contribution >= 4 is 5.91 Å². The van der Waals surface area contributed by atoms with E-state index in [-0.39, 0.29) is 5.91 Å². The van der Waals surface area contributed by atoms with Crippen LogP contribution in [0.1, 0.15) is 54.5 Å². The van der Waals surface area contributed by atoms with Crippen LogP contribution in [-0.4, -0.2) is 58.2 Å². The average Bonchev–Trinajstić information content (AvgIpc) is 3.23. The molecule has 6 heteroatoms. The van der Waals surface area contributed by atoms with E-state index in [9.17, 15) is 4.79 Å². The normalized spacial score (nSPS) is 17.3. The Hall–Kier alpha value is -2.08. The van der Waals surface area contributed by atoms with Crippen LogP contribution in [0.4, 0.5) is 0 Å². The minimum Gasteiger partial charge on any atom is -0.466 e. The highest BCUT2D eigenvalue weighted by Gasteiger charge is 2.22. The van der Waals surface area contributed by atoms with Gasteiger partial charge in [0.25, 0.3) is 5.91 Å². The molecule has 6 nitrogen and oxygen atoms in total. The van der Waals surface area contributed by atoms with E-state index in [0.717, 1.165) is 63.6 Å². The molecule has 0 bridgehead atoms. The summed E-state index contributed by atoms with van der Waals surface area (Å²) in [6.07, 6.45) is 5.62. The number of rotatable bonds is 6. The van der Waals surface area contributed by atoms with Gasteiger partial charge in [0.05, 0.1) is 11.8 Å². The molecular weight excluding hydrogens is 328 g/mol. The standard InChI is InChI=1S/C20H30N4O2/c1-4-24-15-18(14-21-24)20(25)23-10-5-9-22(12-13-23)11-8-16(2)19-7-6-17(3)26-19/h6-7,14-16H,4-5,8-13H2,1-3H3. The molecule has 1 amide bonds. The number of carbonyl (C=O) groups excluding carboxylic acids is 1. The van der Waals surface area contributed by atoms with Crippen LogP contribution < -0.4 is 0 Å². The molecule has 1 aliphatic rings. The molecule has 0 N–H and O–H groups in total. The highest BCUT2D eigenvalue weighted by Crippen LogP contribution is 2.22. The van der Waals surface area contributed by atoms with Crippen LogP contribution >= 0.6 is 0 Å².